The van der Waals surface area contributed by atoms with Crippen LogP contribution in [0.3, 0.4) is 0 Å². The van der Waals surface area contributed by atoms with Crippen LogP contribution in [0.4, 0.5) is 0 Å². The second-order valence-electron chi connectivity index (χ2n) is 3.81. The van der Waals surface area contributed by atoms with Crippen molar-refractivity contribution in [2.45, 2.75) is 19.4 Å². The third-order valence-electron chi connectivity index (χ3n) is 2.12. The molecule has 102 valence electrons. The van der Waals surface area contributed by atoms with Gasteiger partial charge in [0.2, 0.25) is 0 Å². The van der Waals surface area contributed by atoms with Crippen molar-refractivity contribution in [3.63, 3.8) is 0 Å². The molecule has 5 nitrogen and oxygen atoms in total. The minimum Gasteiger partial charge on any atom is -0.396 e. The highest BCUT2D eigenvalue weighted by atomic mass is 32.2. The largest absolute Gasteiger partial charge is 0.396 e. The van der Waals surface area contributed by atoms with Crippen molar-refractivity contribution in [2.75, 3.05) is 24.7 Å². The lowest BCUT2D eigenvalue weighted by atomic mass is 10.4. The maximum atomic E-state index is 11.7. The van der Waals surface area contributed by atoms with Gasteiger partial charge in [-0.3, -0.25) is 4.79 Å². The fraction of sp³-hybridized carbons (Fsp3) is 0.636. The predicted molar refractivity (Wildman–Crippen MR) is 76.1 cm³/mol. The summed E-state index contributed by atoms with van der Waals surface area (Å²) in [6.07, 6.45) is 0.794. The molecular weight excluding hydrogens is 270 g/mol. The van der Waals surface area contributed by atoms with E-state index in [9.17, 15) is 4.79 Å². The van der Waals surface area contributed by atoms with E-state index < -0.39 is 0 Å². The van der Waals surface area contributed by atoms with E-state index in [0.717, 1.165) is 22.9 Å². The molecule has 0 bridgehead atoms. The van der Waals surface area contributed by atoms with Crippen LogP contribution >= 0.6 is 23.1 Å². The summed E-state index contributed by atoms with van der Waals surface area (Å²) in [4.78, 5) is 15.9. The number of amides is 1. The third-order valence-corrected chi connectivity index (χ3v) is 4.24. The summed E-state index contributed by atoms with van der Waals surface area (Å²) >= 11 is 3.12. The molecule has 0 aliphatic rings. The Balaban J connectivity index is 2.23. The van der Waals surface area contributed by atoms with E-state index in [1.165, 1.54) is 11.3 Å². The summed E-state index contributed by atoms with van der Waals surface area (Å²) in [6, 6.07) is -0.134. The Bertz CT molecular complexity index is 369. The molecule has 0 aromatic carbocycles. The minimum absolute atomic E-state index is 0.134. The minimum atomic E-state index is -0.152. The van der Waals surface area contributed by atoms with E-state index >= 15 is 0 Å². The van der Waals surface area contributed by atoms with Crippen LogP contribution in [0.25, 0.3) is 0 Å². The van der Waals surface area contributed by atoms with Gasteiger partial charge in [0.25, 0.3) is 5.91 Å². The van der Waals surface area contributed by atoms with Crippen molar-refractivity contribution in [2.24, 2.45) is 5.73 Å². The Kier molecular flexibility index (Phi) is 7.26. The maximum absolute atomic E-state index is 11.7. The number of thioether (sulfide) groups is 1. The molecule has 4 N–H and O–H groups in total. The monoisotopic (exact) mass is 289 g/mol. The molecule has 1 atom stereocenters. The molecule has 1 aromatic heterocycles. The van der Waals surface area contributed by atoms with Gasteiger partial charge in [0.05, 0.1) is 6.04 Å². The molecule has 1 rings (SSSR count). The maximum Gasteiger partial charge on any atom is 0.270 e. The molecule has 7 heteroatoms. The first-order valence-electron chi connectivity index (χ1n) is 5.83. The Hall–Kier alpha value is -0.630. The summed E-state index contributed by atoms with van der Waals surface area (Å²) in [6.45, 7) is 2.68. The Labute approximate surface area is 115 Å². The molecule has 0 radical (unpaired) electrons. The second-order valence-corrected chi connectivity index (χ2v) is 5.92. The van der Waals surface area contributed by atoms with Crippen LogP contribution < -0.4 is 11.1 Å². The molecule has 0 spiro atoms. The number of hydrogen-bond acceptors (Lipinski definition) is 6. The zero-order valence-electron chi connectivity index (χ0n) is 10.4. The van der Waals surface area contributed by atoms with Gasteiger partial charge >= 0.3 is 0 Å². The smallest absolute Gasteiger partial charge is 0.270 e. The molecule has 1 heterocycles. The lowest BCUT2D eigenvalue weighted by molar-refractivity contribution is 0.0951. The standard InChI is InChI=1S/C11H19N3O2S2/c1-8(12)11-14-9(7-18-11)10(16)13-3-6-17-5-2-4-15/h7-8,15H,2-6,12H2,1H3,(H,13,16). The summed E-state index contributed by atoms with van der Waals surface area (Å²) in [7, 11) is 0. The number of aromatic nitrogens is 1. The van der Waals surface area contributed by atoms with Crippen molar-refractivity contribution >= 4 is 29.0 Å². The summed E-state index contributed by atoms with van der Waals surface area (Å²) in [5.74, 6) is 1.61. The highest BCUT2D eigenvalue weighted by Crippen LogP contribution is 2.15. The van der Waals surface area contributed by atoms with Gasteiger partial charge in [0.1, 0.15) is 10.7 Å². The van der Waals surface area contributed by atoms with Crippen molar-refractivity contribution < 1.29 is 9.90 Å². The lowest BCUT2D eigenvalue weighted by Crippen LogP contribution is -2.26. The zero-order valence-corrected chi connectivity index (χ0v) is 12.0. The third kappa shape index (κ3) is 5.34. The molecule has 0 saturated carbocycles. The average molecular weight is 289 g/mol. The molecule has 1 amide bonds. The second kappa shape index (κ2) is 8.47. The molecule has 0 aliphatic heterocycles. The fourth-order valence-electron chi connectivity index (χ4n) is 1.20. The number of rotatable bonds is 8. The van der Waals surface area contributed by atoms with Crippen molar-refractivity contribution in [1.29, 1.82) is 0 Å². The van der Waals surface area contributed by atoms with E-state index in [1.54, 1.807) is 17.1 Å². The van der Waals surface area contributed by atoms with Crippen LogP contribution in [-0.2, 0) is 0 Å². The van der Waals surface area contributed by atoms with Crippen molar-refractivity contribution in [3.05, 3.63) is 16.1 Å². The number of carbonyl (C=O) groups is 1. The summed E-state index contributed by atoms with van der Waals surface area (Å²) < 4.78 is 0. The van der Waals surface area contributed by atoms with Gasteiger partial charge in [-0.05, 0) is 19.1 Å². The first kappa shape index (κ1) is 15.4. The number of hydrogen-bond donors (Lipinski definition) is 3. The first-order valence-corrected chi connectivity index (χ1v) is 7.86. The number of nitrogens with zero attached hydrogens (tertiary/aromatic N) is 1. The van der Waals surface area contributed by atoms with E-state index in [0.29, 0.717) is 12.2 Å². The van der Waals surface area contributed by atoms with E-state index in [1.807, 2.05) is 6.92 Å². The highest BCUT2D eigenvalue weighted by Gasteiger charge is 2.11. The zero-order chi connectivity index (χ0) is 13.4. The van der Waals surface area contributed by atoms with E-state index in [2.05, 4.69) is 10.3 Å². The Morgan fingerprint density at radius 3 is 3.06 bits per heavy atom. The van der Waals surface area contributed by atoms with Crippen LogP contribution in [0.2, 0.25) is 0 Å². The number of thiazole rings is 1. The number of carbonyl (C=O) groups excluding carboxylic acids is 1. The molecular formula is C11H19N3O2S2. The van der Waals surface area contributed by atoms with E-state index in [-0.39, 0.29) is 18.6 Å². The Morgan fingerprint density at radius 2 is 2.44 bits per heavy atom. The lowest BCUT2D eigenvalue weighted by Gasteiger charge is -2.03. The number of nitrogens with two attached hydrogens (primary N) is 1. The van der Waals surface area contributed by atoms with Gasteiger partial charge in [-0.1, -0.05) is 0 Å². The van der Waals surface area contributed by atoms with Gasteiger partial charge in [-0.15, -0.1) is 11.3 Å². The van der Waals surface area contributed by atoms with Crippen LogP contribution in [0.1, 0.15) is 34.9 Å². The summed E-state index contributed by atoms with van der Waals surface area (Å²) in [5.41, 5.74) is 6.13. The van der Waals surface area contributed by atoms with Gasteiger partial charge < -0.3 is 16.2 Å². The normalized spacial score (nSPS) is 12.4. The van der Waals surface area contributed by atoms with Gasteiger partial charge in [0, 0.05) is 24.3 Å². The van der Waals surface area contributed by atoms with Gasteiger partial charge in [-0.2, -0.15) is 11.8 Å². The van der Waals surface area contributed by atoms with Gasteiger partial charge in [0.15, 0.2) is 0 Å². The van der Waals surface area contributed by atoms with Crippen LogP contribution in [0.15, 0.2) is 5.38 Å². The van der Waals surface area contributed by atoms with E-state index in [4.69, 9.17) is 10.8 Å². The molecule has 18 heavy (non-hydrogen) atoms. The molecule has 0 saturated heterocycles. The number of aliphatic hydroxyl groups excluding tert-OH is 1. The van der Waals surface area contributed by atoms with Gasteiger partial charge in [-0.25, -0.2) is 4.98 Å². The molecule has 0 aliphatic carbocycles. The Morgan fingerprint density at radius 1 is 1.67 bits per heavy atom. The first-order chi connectivity index (χ1) is 8.65. The topological polar surface area (TPSA) is 88.2 Å². The van der Waals surface area contributed by atoms with Crippen molar-refractivity contribution in [1.82, 2.24) is 10.3 Å². The highest BCUT2D eigenvalue weighted by molar-refractivity contribution is 7.99. The molecule has 0 fully saturated rings. The number of aliphatic hydroxyl groups is 1. The van der Waals surface area contributed by atoms with Crippen molar-refractivity contribution in [3.8, 4) is 0 Å². The summed E-state index contributed by atoms with van der Waals surface area (Å²) in [5, 5.41) is 13.9. The number of nitrogens with one attached hydrogen (secondary N) is 1. The van der Waals surface area contributed by atoms with Crippen LogP contribution in [0.5, 0.6) is 0 Å². The quantitative estimate of drug-likeness (QED) is 0.622. The predicted octanol–water partition coefficient (Wildman–Crippen LogP) is 1.01. The SMILES string of the molecule is CC(N)c1nc(C(=O)NCCSCCCO)cs1. The molecule has 1 aromatic rings. The fourth-order valence-corrected chi connectivity index (χ4v) is 2.74. The average Bonchev–Trinajstić information content (AvgIpc) is 2.83. The van der Waals surface area contributed by atoms with Crippen LogP contribution in [-0.4, -0.2) is 40.7 Å². The molecule has 1 unspecified atom stereocenters. The van der Waals surface area contributed by atoms with Crippen LogP contribution in [0, 0.1) is 0 Å².